The third-order valence-corrected chi connectivity index (χ3v) is 5.94. The summed E-state index contributed by atoms with van der Waals surface area (Å²) in [6.07, 6.45) is 1.63. The molecule has 0 radical (unpaired) electrons. The average Bonchev–Trinajstić information content (AvgIpc) is 2.78. The molecule has 0 aliphatic heterocycles. The first kappa shape index (κ1) is 22.9. The van der Waals surface area contributed by atoms with Crippen LogP contribution in [0, 0.1) is 6.92 Å². The molecule has 0 saturated heterocycles. The van der Waals surface area contributed by atoms with Gasteiger partial charge in [0, 0.05) is 23.0 Å². The monoisotopic (exact) mass is 452 g/mol. The summed E-state index contributed by atoms with van der Waals surface area (Å²) in [6.45, 7) is 5.69. The lowest BCUT2D eigenvalue weighted by Crippen LogP contribution is -2.17. The van der Waals surface area contributed by atoms with Gasteiger partial charge in [0.1, 0.15) is 18.1 Å². The molecule has 0 saturated carbocycles. The molecule has 1 amide bonds. The van der Waals surface area contributed by atoms with Gasteiger partial charge in [0.05, 0.1) is 12.0 Å². The highest BCUT2D eigenvalue weighted by Crippen LogP contribution is 2.23. The van der Waals surface area contributed by atoms with E-state index in [0.29, 0.717) is 35.0 Å². The van der Waals surface area contributed by atoms with Crippen molar-refractivity contribution in [2.75, 3.05) is 23.8 Å². The van der Waals surface area contributed by atoms with Gasteiger partial charge in [-0.05, 0) is 61.0 Å². The molecule has 0 fully saturated rings. The number of sulfonamides is 1. The Morgan fingerprint density at radius 2 is 1.75 bits per heavy atom. The summed E-state index contributed by atoms with van der Waals surface area (Å²) in [5.74, 6) is 0.769. The molecule has 166 valence electrons. The Hall–Kier alpha value is -3.78. The summed E-state index contributed by atoms with van der Waals surface area (Å²) >= 11 is 0. The quantitative estimate of drug-likeness (QED) is 0.462. The van der Waals surface area contributed by atoms with E-state index in [-0.39, 0.29) is 10.5 Å². The number of aryl methyl sites for hydroxylation is 1. The molecule has 0 aromatic heterocycles. The first-order valence-corrected chi connectivity index (χ1v) is 11.2. The first-order chi connectivity index (χ1) is 15.3. The highest BCUT2D eigenvalue weighted by Gasteiger charge is 2.19. The maximum Gasteiger partial charge on any atom is 0.261 e. The number of carbonyl (C=O) groups is 1. The van der Waals surface area contributed by atoms with Crippen molar-refractivity contribution < 1.29 is 22.7 Å². The van der Waals surface area contributed by atoms with E-state index < -0.39 is 15.9 Å². The van der Waals surface area contributed by atoms with Crippen molar-refractivity contribution in [1.29, 1.82) is 0 Å². The van der Waals surface area contributed by atoms with Gasteiger partial charge in [0.25, 0.3) is 15.9 Å². The fourth-order valence-corrected chi connectivity index (χ4v) is 3.99. The van der Waals surface area contributed by atoms with Crippen molar-refractivity contribution in [2.24, 2.45) is 0 Å². The van der Waals surface area contributed by atoms with Crippen LogP contribution in [-0.4, -0.2) is 28.0 Å². The number of nitrogens with one attached hydrogen (secondary N) is 2. The van der Waals surface area contributed by atoms with E-state index in [9.17, 15) is 13.2 Å². The standard InChI is InChI=1S/C24H24N2O5S/c1-4-14-31-21-7-5-6-19(15-21)25-24(27)23-16-22(13-8-17(23)2)32(28,29)26-18-9-11-20(30-3)12-10-18/h4-13,15-16,26H,1,14H2,2-3H3,(H,25,27). The van der Waals surface area contributed by atoms with Crippen LogP contribution in [-0.2, 0) is 10.0 Å². The van der Waals surface area contributed by atoms with E-state index in [1.165, 1.54) is 19.2 Å². The SMILES string of the molecule is C=CCOc1cccc(NC(=O)c2cc(S(=O)(=O)Nc3ccc(OC)cc3)ccc2C)c1. The van der Waals surface area contributed by atoms with Crippen LogP contribution in [0.25, 0.3) is 0 Å². The molecule has 0 unspecified atom stereocenters. The molecule has 0 aliphatic rings. The van der Waals surface area contributed by atoms with Crippen molar-refractivity contribution in [3.05, 3.63) is 90.5 Å². The van der Waals surface area contributed by atoms with Gasteiger partial charge >= 0.3 is 0 Å². The molecule has 0 heterocycles. The average molecular weight is 453 g/mol. The lowest BCUT2D eigenvalue weighted by molar-refractivity contribution is 0.102. The maximum atomic E-state index is 12.9. The van der Waals surface area contributed by atoms with Crippen LogP contribution in [0.5, 0.6) is 11.5 Å². The van der Waals surface area contributed by atoms with Crippen molar-refractivity contribution in [3.63, 3.8) is 0 Å². The zero-order chi connectivity index (χ0) is 23.1. The lowest BCUT2D eigenvalue weighted by Gasteiger charge is -2.13. The zero-order valence-corrected chi connectivity index (χ0v) is 18.6. The molecule has 2 N–H and O–H groups in total. The summed E-state index contributed by atoms with van der Waals surface area (Å²) in [7, 11) is -2.37. The minimum absolute atomic E-state index is 0.0212. The van der Waals surface area contributed by atoms with Gasteiger partial charge in [0.2, 0.25) is 0 Å². The zero-order valence-electron chi connectivity index (χ0n) is 17.8. The van der Waals surface area contributed by atoms with Crippen molar-refractivity contribution in [2.45, 2.75) is 11.8 Å². The van der Waals surface area contributed by atoms with Crippen LogP contribution in [0.15, 0.2) is 84.3 Å². The minimum Gasteiger partial charge on any atom is -0.497 e. The molecule has 0 atom stereocenters. The van der Waals surface area contributed by atoms with E-state index in [1.54, 1.807) is 67.6 Å². The molecule has 32 heavy (non-hydrogen) atoms. The summed E-state index contributed by atoms with van der Waals surface area (Å²) < 4.78 is 38.8. The third kappa shape index (κ3) is 5.67. The van der Waals surface area contributed by atoms with Gasteiger partial charge in [0.15, 0.2) is 0 Å². The van der Waals surface area contributed by atoms with E-state index in [1.807, 2.05) is 0 Å². The van der Waals surface area contributed by atoms with Crippen molar-refractivity contribution in [1.82, 2.24) is 0 Å². The van der Waals surface area contributed by atoms with E-state index in [4.69, 9.17) is 9.47 Å². The fraction of sp³-hybridized carbons (Fsp3) is 0.125. The molecule has 0 spiro atoms. The minimum atomic E-state index is -3.90. The Morgan fingerprint density at radius 3 is 2.44 bits per heavy atom. The third-order valence-electron chi connectivity index (χ3n) is 4.57. The normalized spacial score (nSPS) is 10.8. The van der Waals surface area contributed by atoms with Crippen LogP contribution in [0.4, 0.5) is 11.4 Å². The van der Waals surface area contributed by atoms with E-state index >= 15 is 0 Å². The number of ether oxygens (including phenoxy) is 2. The van der Waals surface area contributed by atoms with E-state index in [0.717, 1.165) is 0 Å². The number of amides is 1. The Balaban J connectivity index is 1.81. The highest BCUT2D eigenvalue weighted by atomic mass is 32.2. The van der Waals surface area contributed by atoms with Crippen LogP contribution in [0.1, 0.15) is 15.9 Å². The number of benzene rings is 3. The number of hydrogen-bond acceptors (Lipinski definition) is 5. The molecule has 3 aromatic carbocycles. The number of carbonyl (C=O) groups excluding carboxylic acids is 1. The Labute approximate surface area is 187 Å². The number of hydrogen-bond donors (Lipinski definition) is 2. The van der Waals surface area contributed by atoms with Crippen LogP contribution < -0.4 is 19.5 Å². The molecule has 0 bridgehead atoms. The summed E-state index contributed by atoms with van der Waals surface area (Å²) in [4.78, 5) is 12.8. The molecule has 7 nitrogen and oxygen atoms in total. The lowest BCUT2D eigenvalue weighted by atomic mass is 10.1. The highest BCUT2D eigenvalue weighted by molar-refractivity contribution is 7.92. The van der Waals surface area contributed by atoms with Gasteiger partial charge in [-0.25, -0.2) is 8.42 Å². The predicted octanol–water partition coefficient (Wildman–Crippen LogP) is 4.62. The van der Waals surface area contributed by atoms with E-state index in [2.05, 4.69) is 16.6 Å². The molecular formula is C24H24N2O5S. The van der Waals surface area contributed by atoms with Gasteiger partial charge in [-0.3, -0.25) is 9.52 Å². The van der Waals surface area contributed by atoms with Crippen molar-refractivity contribution in [3.8, 4) is 11.5 Å². The summed E-state index contributed by atoms with van der Waals surface area (Å²) in [5, 5.41) is 2.78. The summed E-state index contributed by atoms with van der Waals surface area (Å²) in [5.41, 5.74) is 1.80. The van der Waals surface area contributed by atoms with Gasteiger partial charge in [-0.1, -0.05) is 24.8 Å². The largest absolute Gasteiger partial charge is 0.497 e. The second kappa shape index (κ2) is 10.0. The predicted molar refractivity (Wildman–Crippen MR) is 125 cm³/mol. The van der Waals surface area contributed by atoms with Gasteiger partial charge < -0.3 is 14.8 Å². The second-order valence-corrected chi connectivity index (χ2v) is 8.57. The molecule has 0 aliphatic carbocycles. The Morgan fingerprint density at radius 1 is 1.00 bits per heavy atom. The molecule has 3 rings (SSSR count). The van der Waals surface area contributed by atoms with Crippen molar-refractivity contribution >= 4 is 27.3 Å². The topological polar surface area (TPSA) is 93.7 Å². The van der Waals surface area contributed by atoms with Gasteiger partial charge in [-0.15, -0.1) is 0 Å². The van der Waals surface area contributed by atoms with Gasteiger partial charge in [-0.2, -0.15) is 0 Å². The Bertz CT molecular complexity index is 1220. The summed E-state index contributed by atoms with van der Waals surface area (Å²) in [6, 6.07) is 17.8. The fourth-order valence-electron chi connectivity index (χ4n) is 2.90. The first-order valence-electron chi connectivity index (χ1n) is 9.75. The molecule has 8 heteroatoms. The van der Waals surface area contributed by atoms with Crippen LogP contribution in [0.3, 0.4) is 0 Å². The smallest absolute Gasteiger partial charge is 0.261 e. The second-order valence-electron chi connectivity index (χ2n) is 6.89. The maximum absolute atomic E-state index is 12.9. The van der Waals surface area contributed by atoms with Crippen LogP contribution >= 0.6 is 0 Å². The molecule has 3 aromatic rings. The number of methoxy groups -OCH3 is 1. The number of rotatable bonds is 9. The van der Waals surface area contributed by atoms with Crippen LogP contribution in [0.2, 0.25) is 0 Å². The molecular weight excluding hydrogens is 428 g/mol. The Kier molecular flexibility index (Phi) is 7.17. The number of anilines is 2.